The van der Waals surface area contributed by atoms with Gasteiger partial charge in [0.2, 0.25) is 5.91 Å². The lowest BCUT2D eigenvalue weighted by Gasteiger charge is -2.24. The average Bonchev–Trinajstić information content (AvgIpc) is 3.27. The summed E-state index contributed by atoms with van der Waals surface area (Å²) in [5.41, 5.74) is 0. The number of amides is 2. The Hall–Kier alpha value is -2.15. The standard InChI is InChI=1S/C16H20N4O2S/c1-12(21)17-10-14-5-6-15(23-14)16(22)20-9-2-4-13(20)11-19-8-3-7-18-19/h3,5-8,13H,2,4,9-11H2,1H3,(H,17,21). The van der Waals surface area contributed by atoms with Crippen LogP contribution in [0.3, 0.4) is 0 Å². The summed E-state index contributed by atoms with van der Waals surface area (Å²) in [6, 6.07) is 5.86. The number of hydrogen-bond acceptors (Lipinski definition) is 4. The zero-order chi connectivity index (χ0) is 16.2. The molecule has 6 nitrogen and oxygen atoms in total. The van der Waals surface area contributed by atoms with Gasteiger partial charge in [0.1, 0.15) is 0 Å². The molecule has 122 valence electrons. The molecule has 0 spiro atoms. The maximum Gasteiger partial charge on any atom is 0.264 e. The van der Waals surface area contributed by atoms with Gasteiger partial charge < -0.3 is 10.2 Å². The Kier molecular flexibility index (Phi) is 4.76. The number of carbonyl (C=O) groups excluding carboxylic acids is 2. The average molecular weight is 332 g/mol. The lowest BCUT2D eigenvalue weighted by Crippen LogP contribution is -2.37. The number of rotatable bonds is 5. The minimum atomic E-state index is -0.0647. The molecule has 3 heterocycles. The maximum atomic E-state index is 12.8. The largest absolute Gasteiger partial charge is 0.351 e. The highest BCUT2D eigenvalue weighted by Gasteiger charge is 2.30. The molecule has 2 aromatic rings. The summed E-state index contributed by atoms with van der Waals surface area (Å²) in [6.07, 6.45) is 5.73. The van der Waals surface area contributed by atoms with Gasteiger partial charge in [-0.2, -0.15) is 5.10 Å². The van der Waals surface area contributed by atoms with Crippen LogP contribution in [-0.4, -0.2) is 39.1 Å². The van der Waals surface area contributed by atoms with E-state index in [0.717, 1.165) is 35.7 Å². The van der Waals surface area contributed by atoms with Crippen LogP contribution in [0.1, 0.15) is 34.3 Å². The third-order valence-corrected chi connectivity index (χ3v) is 5.05. The summed E-state index contributed by atoms with van der Waals surface area (Å²) >= 11 is 1.45. The van der Waals surface area contributed by atoms with Crippen molar-refractivity contribution in [2.45, 2.75) is 38.9 Å². The number of nitrogens with one attached hydrogen (secondary N) is 1. The Labute approximate surface area is 139 Å². The van der Waals surface area contributed by atoms with Gasteiger partial charge in [-0.3, -0.25) is 14.3 Å². The number of likely N-dealkylation sites (tertiary alicyclic amines) is 1. The van der Waals surface area contributed by atoms with E-state index in [1.54, 1.807) is 6.20 Å². The van der Waals surface area contributed by atoms with E-state index in [2.05, 4.69) is 10.4 Å². The molecule has 0 aromatic carbocycles. The molecular formula is C16H20N4O2S. The minimum Gasteiger partial charge on any atom is -0.351 e. The Morgan fingerprint density at radius 2 is 2.30 bits per heavy atom. The Morgan fingerprint density at radius 3 is 3.04 bits per heavy atom. The molecule has 1 N–H and O–H groups in total. The SMILES string of the molecule is CC(=O)NCc1ccc(C(=O)N2CCCC2Cn2cccn2)s1. The summed E-state index contributed by atoms with van der Waals surface area (Å²) in [4.78, 5) is 27.4. The molecular weight excluding hydrogens is 312 g/mol. The molecule has 0 saturated carbocycles. The quantitative estimate of drug-likeness (QED) is 0.909. The fourth-order valence-electron chi connectivity index (χ4n) is 2.86. The Morgan fingerprint density at radius 1 is 1.43 bits per heavy atom. The van der Waals surface area contributed by atoms with Crippen LogP contribution < -0.4 is 5.32 Å². The molecule has 1 aliphatic heterocycles. The number of aromatic nitrogens is 2. The van der Waals surface area contributed by atoms with Crippen molar-refractivity contribution in [2.75, 3.05) is 6.54 Å². The van der Waals surface area contributed by atoms with Crippen LogP contribution in [0.15, 0.2) is 30.6 Å². The summed E-state index contributed by atoms with van der Waals surface area (Å²) in [5, 5.41) is 6.99. The summed E-state index contributed by atoms with van der Waals surface area (Å²) in [7, 11) is 0. The van der Waals surface area contributed by atoms with Crippen molar-refractivity contribution in [1.29, 1.82) is 0 Å². The van der Waals surface area contributed by atoms with E-state index >= 15 is 0 Å². The van der Waals surface area contributed by atoms with Gasteiger partial charge in [-0.25, -0.2) is 0 Å². The lowest BCUT2D eigenvalue weighted by molar-refractivity contribution is -0.119. The highest BCUT2D eigenvalue weighted by Crippen LogP contribution is 2.25. The van der Waals surface area contributed by atoms with Gasteiger partial charge in [0.05, 0.1) is 24.0 Å². The predicted octanol–water partition coefficient (Wildman–Crippen LogP) is 1.89. The van der Waals surface area contributed by atoms with Crippen LogP contribution in [-0.2, 0) is 17.9 Å². The fraction of sp³-hybridized carbons (Fsp3) is 0.438. The first-order valence-electron chi connectivity index (χ1n) is 7.75. The monoisotopic (exact) mass is 332 g/mol. The van der Waals surface area contributed by atoms with Crippen LogP contribution >= 0.6 is 11.3 Å². The molecule has 0 bridgehead atoms. The van der Waals surface area contributed by atoms with Crippen LogP contribution in [0.4, 0.5) is 0 Å². The van der Waals surface area contributed by atoms with Gasteiger partial charge in [-0.1, -0.05) is 0 Å². The molecule has 2 aromatic heterocycles. The van der Waals surface area contributed by atoms with Crippen LogP contribution in [0.2, 0.25) is 0 Å². The smallest absolute Gasteiger partial charge is 0.264 e. The topological polar surface area (TPSA) is 67.2 Å². The third-order valence-electron chi connectivity index (χ3n) is 3.98. The van der Waals surface area contributed by atoms with Gasteiger partial charge >= 0.3 is 0 Å². The van der Waals surface area contributed by atoms with Crippen molar-refractivity contribution < 1.29 is 9.59 Å². The van der Waals surface area contributed by atoms with Crippen molar-refractivity contribution in [3.05, 3.63) is 40.3 Å². The summed E-state index contributed by atoms with van der Waals surface area (Å²) in [5.74, 6) is 0.0174. The lowest BCUT2D eigenvalue weighted by atomic mass is 10.2. The van der Waals surface area contributed by atoms with Crippen LogP contribution in [0.5, 0.6) is 0 Å². The zero-order valence-electron chi connectivity index (χ0n) is 13.1. The number of carbonyl (C=O) groups is 2. The van der Waals surface area contributed by atoms with Gasteiger partial charge in [0.25, 0.3) is 5.91 Å². The number of thiophene rings is 1. The zero-order valence-corrected chi connectivity index (χ0v) is 13.9. The molecule has 1 fully saturated rings. The van der Waals surface area contributed by atoms with E-state index < -0.39 is 0 Å². The molecule has 7 heteroatoms. The van der Waals surface area contributed by atoms with Gasteiger partial charge in [0, 0.05) is 30.7 Å². The molecule has 1 unspecified atom stereocenters. The van der Waals surface area contributed by atoms with Gasteiger partial charge in [-0.05, 0) is 31.0 Å². The highest BCUT2D eigenvalue weighted by molar-refractivity contribution is 7.14. The van der Waals surface area contributed by atoms with Crippen molar-refractivity contribution in [3.63, 3.8) is 0 Å². The molecule has 3 rings (SSSR count). The molecule has 1 aliphatic rings. The second kappa shape index (κ2) is 6.95. The molecule has 0 radical (unpaired) electrons. The number of hydrogen-bond donors (Lipinski definition) is 1. The molecule has 0 aliphatic carbocycles. The van der Waals surface area contributed by atoms with Crippen LogP contribution in [0, 0.1) is 0 Å². The second-order valence-corrected chi connectivity index (χ2v) is 6.87. The first-order chi connectivity index (χ1) is 11.1. The summed E-state index contributed by atoms with van der Waals surface area (Å²) < 4.78 is 1.88. The van der Waals surface area contributed by atoms with E-state index in [1.807, 2.05) is 34.0 Å². The van der Waals surface area contributed by atoms with Gasteiger partial charge in [0.15, 0.2) is 0 Å². The van der Waals surface area contributed by atoms with E-state index in [1.165, 1.54) is 18.3 Å². The first kappa shape index (κ1) is 15.7. The predicted molar refractivity (Wildman–Crippen MR) is 88.1 cm³/mol. The van der Waals surface area contributed by atoms with E-state index in [4.69, 9.17) is 0 Å². The van der Waals surface area contributed by atoms with Crippen LogP contribution in [0.25, 0.3) is 0 Å². The van der Waals surface area contributed by atoms with Gasteiger partial charge in [-0.15, -0.1) is 11.3 Å². The summed E-state index contributed by atoms with van der Waals surface area (Å²) in [6.45, 7) is 3.50. The second-order valence-electron chi connectivity index (χ2n) is 5.70. The van der Waals surface area contributed by atoms with E-state index in [0.29, 0.717) is 6.54 Å². The Balaban J connectivity index is 1.65. The molecule has 2 amide bonds. The Bertz CT molecular complexity index is 680. The van der Waals surface area contributed by atoms with E-state index in [-0.39, 0.29) is 17.9 Å². The first-order valence-corrected chi connectivity index (χ1v) is 8.56. The fourth-order valence-corrected chi connectivity index (χ4v) is 3.76. The van der Waals surface area contributed by atoms with Crippen molar-refractivity contribution in [2.24, 2.45) is 0 Å². The normalized spacial score (nSPS) is 17.4. The van der Waals surface area contributed by atoms with Crippen molar-refractivity contribution >= 4 is 23.2 Å². The minimum absolute atomic E-state index is 0.0647. The highest BCUT2D eigenvalue weighted by atomic mass is 32.1. The van der Waals surface area contributed by atoms with E-state index in [9.17, 15) is 9.59 Å². The molecule has 1 atom stereocenters. The molecule has 1 saturated heterocycles. The number of nitrogens with zero attached hydrogens (tertiary/aromatic N) is 3. The molecule has 23 heavy (non-hydrogen) atoms. The van der Waals surface area contributed by atoms with Crippen molar-refractivity contribution in [3.8, 4) is 0 Å². The maximum absolute atomic E-state index is 12.8. The third kappa shape index (κ3) is 3.79. The van der Waals surface area contributed by atoms with Crippen molar-refractivity contribution in [1.82, 2.24) is 20.0 Å².